The number of benzene rings is 1. The second-order valence-electron chi connectivity index (χ2n) is 4.45. The number of aliphatic hydroxyl groups excluding tert-OH is 1. The number of hydrogen-bond acceptors (Lipinski definition) is 4. The minimum Gasteiger partial charge on any atom is -0.396 e. The third kappa shape index (κ3) is 10.1. The van der Waals surface area contributed by atoms with Crippen LogP contribution in [0.4, 0.5) is 0 Å². The van der Waals surface area contributed by atoms with Gasteiger partial charge in [0, 0.05) is 35.2 Å². The number of amides is 1. The first-order valence-corrected chi connectivity index (χ1v) is 9.58. The van der Waals surface area contributed by atoms with E-state index in [1.165, 1.54) is 4.90 Å². The smallest absolute Gasteiger partial charge is 0.220 e. The Morgan fingerprint density at radius 2 is 1.90 bits per heavy atom. The van der Waals surface area contributed by atoms with Gasteiger partial charge in [0.15, 0.2) is 0 Å². The summed E-state index contributed by atoms with van der Waals surface area (Å²) in [5, 5.41) is 12.3. The Morgan fingerprint density at radius 1 is 1.14 bits per heavy atom. The second-order valence-corrected chi connectivity index (χ2v) is 7.27. The topological polar surface area (TPSA) is 49.3 Å². The van der Waals surface area contributed by atoms with Crippen molar-refractivity contribution < 1.29 is 9.90 Å². The molecule has 0 aliphatic heterocycles. The second kappa shape index (κ2) is 12.2. The number of hydrogen-bond donors (Lipinski definition) is 2. The maximum absolute atomic E-state index is 11.6. The van der Waals surface area contributed by atoms with Crippen molar-refractivity contribution >= 4 is 41.0 Å². The molecule has 0 saturated carbocycles. The fourth-order valence-corrected chi connectivity index (χ4v) is 3.34. The zero-order valence-electron chi connectivity index (χ0n) is 12.0. The van der Waals surface area contributed by atoms with E-state index in [2.05, 4.69) is 5.32 Å². The Balaban J connectivity index is 1.97. The standard InChI is InChI=1S/C15H22ClNO2S2/c16-13-4-6-14(7-5-13)21-11-1-3-15(19)17-8-12-20-10-2-9-18/h4-7,18H,1-3,8-12H2,(H,17,19). The summed E-state index contributed by atoms with van der Waals surface area (Å²) in [6, 6.07) is 7.75. The molecule has 6 heteroatoms. The van der Waals surface area contributed by atoms with Gasteiger partial charge < -0.3 is 10.4 Å². The minimum absolute atomic E-state index is 0.120. The molecule has 0 atom stereocenters. The van der Waals surface area contributed by atoms with Gasteiger partial charge >= 0.3 is 0 Å². The van der Waals surface area contributed by atoms with Gasteiger partial charge in [-0.25, -0.2) is 0 Å². The largest absolute Gasteiger partial charge is 0.396 e. The SMILES string of the molecule is O=C(CCCSc1ccc(Cl)cc1)NCCSCCCO. The van der Waals surface area contributed by atoms with Crippen molar-refractivity contribution in [3.63, 3.8) is 0 Å². The van der Waals surface area contributed by atoms with Gasteiger partial charge in [-0.2, -0.15) is 11.8 Å². The molecule has 0 bridgehead atoms. The molecule has 21 heavy (non-hydrogen) atoms. The average Bonchev–Trinajstić information content (AvgIpc) is 2.49. The molecule has 1 rings (SSSR count). The monoisotopic (exact) mass is 347 g/mol. The number of nitrogens with one attached hydrogen (secondary N) is 1. The zero-order chi connectivity index (χ0) is 15.3. The molecule has 0 unspecified atom stereocenters. The van der Waals surface area contributed by atoms with Crippen LogP contribution in [0.5, 0.6) is 0 Å². The maximum atomic E-state index is 11.6. The molecule has 0 radical (unpaired) electrons. The van der Waals surface area contributed by atoms with Crippen molar-refractivity contribution in [3.05, 3.63) is 29.3 Å². The molecule has 0 heterocycles. The van der Waals surface area contributed by atoms with E-state index in [9.17, 15) is 4.79 Å². The Hall–Kier alpha value is -0.360. The van der Waals surface area contributed by atoms with E-state index in [0.29, 0.717) is 13.0 Å². The summed E-state index contributed by atoms with van der Waals surface area (Å²) in [6.45, 7) is 0.948. The van der Waals surface area contributed by atoms with E-state index >= 15 is 0 Å². The highest BCUT2D eigenvalue weighted by Crippen LogP contribution is 2.21. The molecule has 0 aliphatic rings. The van der Waals surface area contributed by atoms with Crippen LogP contribution in [0.25, 0.3) is 0 Å². The van der Waals surface area contributed by atoms with Crippen LogP contribution in [-0.4, -0.2) is 41.4 Å². The van der Waals surface area contributed by atoms with Gasteiger partial charge in [0.2, 0.25) is 5.91 Å². The lowest BCUT2D eigenvalue weighted by atomic mass is 10.3. The molecule has 0 saturated heterocycles. The molecule has 1 aromatic carbocycles. The van der Waals surface area contributed by atoms with E-state index in [-0.39, 0.29) is 12.5 Å². The van der Waals surface area contributed by atoms with Crippen LogP contribution in [0.15, 0.2) is 29.2 Å². The number of aliphatic hydroxyl groups is 1. The van der Waals surface area contributed by atoms with Crippen LogP contribution < -0.4 is 5.32 Å². The number of thioether (sulfide) groups is 2. The van der Waals surface area contributed by atoms with Crippen molar-refractivity contribution in [2.45, 2.75) is 24.2 Å². The van der Waals surface area contributed by atoms with Crippen LogP contribution >= 0.6 is 35.1 Å². The van der Waals surface area contributed by atoms with Gasteiger partial charge in [0.1, 0.15) is 0 Å². The quantitative estimate of drug-likeness (QED) is 0.475. The first kappa shape index (κ1) is 18.7. The molecular formula is C15H22ClNO2S2. The number of carbonyl (C=O) groups is 1. The lowest BCUT2D eigenvalue weighted by molar-refractivity contribution is -0.120. The third-order valence-corrected chi connectivity index (χ3v) is 5.07. The Morgan fingerprint density at radius 3 is 2.62 bits per heavy atom. The maximum Gasteiger partial charge on any atom is 0.220 e. The van der Waals surface area contributed by atoms with Gasteiger partial charge in [0.05, 0.1) is 0 Å². The summed E-state index contributed by atoms with van der Waals surface area (Å²) >= 11 is 9.33. The molecule has 0 aliphatic carbocycles. The highest BCUT2D eigenvalue weighted by atomic mass is 35.5. The third-order valence-electron chi connectivity index (χ3n) is 2.65. The highest BCUT2D eigenvalue weighted by molar-refractivity contribution is 7.99. The molecule has 1 amide bonds. The zero-order valence-corrected chi connectivity index (χ0v) is 14.4. The van der Waals surface area contributed by atoms with E-state index in [1.54, 1.807) is 23.5 Å². The van der Waals surface area contributed by atoms with Gasteiger partial charge in [-0.1, -0.05) is 11.6 Å². The highest BCUT2D eigenvalue weighted by Gasteiger charge is 2.01. The summed E-state index contributed by atoms with van der Waals surface area (Å²) in [5.74, 6) is 2.91. The summed E-state index contributed by atoms with van der Waals surface area (Å²) in [5.41, 5.74) is 0. The molecule has 3 nitrogen and oxygen atoms in total. The minimum atomic E-state index is 0.120. The molecule has 1 aromatic rings. The molecule has 0 fully saturated rings. The predicted octanol–water partition coefficient (Wildman–Crippen LogP) is 3.44. The Kier molecular flexibility index (Phi) is 10.9. The molecule has 2 N–H and O–H groups in total. The van der Waals surface area contributed by atoms with Crippen LogP contribution in [0.2, 0.25) is 5.02 Å². The first-order chi connectivity index (χ1) is 10.2. The van der Waals surface area contributed by atoms with Gasteiger partial charge in [0.25, 0.3) is 0 Å². The lowest BCUT2D eigenvalue weighted by Crippen LogP contribution is -2.25. The van der Waals surface area contributed by atoms with Gasteiger partial charge in [-0.15, -0.1) is 11.8 Å². The Bertz CT molecular complexity index is 401. The molecular weight excluding hydrogens is 326 g/mol. The molecule has 0 aromatic heterocycles. The van der Waals surface area contributed by atoms with Crippen molar-refractivity contribution in [3.8, 4) is 0 Å². The number of halogens is 1. The lowest BCUT2D eigenvalue weighted by Gasteiger charge is -2.05. The summed E-state index contributed by atoms with van der Waals surface area (Å²) < 4.78 is 0. The van der Waals surface area contributed by atoms with Crippen molar-refractivity contribution in [1.82, 2.24) is 5.32 Å². The van der Waals surface area contributed by atoms with Crippen LogP contribution in [0.3, 0.4) is 0 Å². The Labute approximate surface area is 140 Å². The van der Waals surface area contributed by atoms with E-state index in [0.717, 1.165) is 35.1 Å². The normalized spacial score (nSPS) is 10.6. The average molecular weight is 348 g/mol. The molecule has 0 spiro atoms. The summed E-state index contributed by atoms with van der Waals surface area (Å²) in [6.07, 6.45) is 2.26. The van der Waals surface area contributed by atoms with E-state index < -0.39 is 0 Å². The predicted molar refractivity (Wildman–Crippen MR) is 93.4 cm³/mol. The van der Waals surface area contributed by atoms with E-state index in [4.69, 9.17) is 16.7 Å². The number of rotatable bonds is 11. The van der Waals surface area contributed by atoms with E-state index in [1.807, 2.05) is 24.3 Å². The summed E-state index contributed by atoms with van der Waals surface area (Å²) in [4.78, 5) is 12.8. The van der Waals surface area contributed by atoms with Crippen molar-refractivity contribution in [2.24, 2.45) is 0 Å². The van der Waals surface area contributed by atoms with Crippen molar-refractivity contribution in [2.75, 3.05) is 30.4 Å². The van der Waals surface area contributed by atoms with Crippen LogP contribution in [0, 0.1) is 0 Å². The van der Waals surface area contributed by atoms with Crippen LogP contribution in [-0.2, 0) is 4.79 Å². The molecule has 118 valence electrons. The van der Waals surface area contributed by atoms with Gasteiger partial charge in [-0.3, -0.25) is 4.79 Å². The van der Waals surface area contributed by atoms with Gasteiger partial charge in [-0.05, 0) is 48.6 Å². The number of carbonyl (C=O) groups excluding carboxylic acids is 1. The van der Waals surface area contributed by atoms with Crippen LogP contribution in [0.1, 0.15) is 19.3 Å². The van der Waals surface area contributed by atoms with Crippen molar-refractivity contribution in [1.29, 1.82) is 0 Å². The fraction of sp³-hybridized carbons (Fsp3) is 0.533. The summed E-state index contributed by atoms with van der Waals surface area (Å²) in [7, 11) is 0. The fourth-order valence-electron chi connectivity index (χ4n) is 1.57. The first-order valence-electron chi connectivity index (χ1n) is 7.06.